The molecule has 0 unspecified atom stereocenters. The number of para-hydroxylation sites is 1. The topological polar surface area (TPSA) is 89.2 Å². The number of alkyl halides is 3. The summed E-state index contributed by atoms with van der Waals surface area (Å²) in [6.45, 7) is -0.0182. The van der Waals surface area contributed by atoms with Crippen molar-refractivity contribution in [3.63, 3.8) is 0 Å². The number of benzene rings is 3. The molecule has 0 bridgehead atoms. The third kappa shape index (κ3) is 4.01. The van der Waals surface area contributed by atoms with Crippen LogP contribution in [0.2, 0.25) is 0 Å². The van der Waals surface area contributed by atoms with Crippen molar-refractivity contribution < 1.29 is 23.2 Å². The van der Waals surface area contributed by atoms with Crippen LogP contribution in [-0.4, -0.2) is 25.2 Å². The van der Waals surface area contributed by atoms with Crippen molar-refractivity contribution in [2.24, 2.45) is 7.05 Å². The van der Waals surface area contributed by atoms with Gasteiger partial charge in [0.25, 0.3) is 11.5 Å². The van der Waals surface area contributed by atoms with Gasteiger partial charge >= 0.3 is 6.18 Å². The minimum atomic E-state index is -4.47. The van der Waals surface area contributed by atoms with Gasteiger partial charge < -0.3 is 4.57 Å². The molecular formula is C26H19F3N4O3. The zero-order valence-electron chi connectivity index (χ0n) is 18.9. The summed E-state index contributed by atoms with van der Waals surface area (Å²) < 4.78 is 42.3. The van der Waals surface area contributed by atoms with Crippen LogP contribution in [0.3, 0.4) is 0 Å². The van der Waals surface area contributed by atoms with E-state index in [-0.39, 0.29) is 28.8 Å². The molecule has 10 heteroatoms. The number of rotatable bonds is 4. The van der Waals surface area contributed by atoms with Crippen molar-refractivity contribution in [2.75, 3.05) is 0 Å². The molecule has 0 saturated heterocycles. The van der Waals surface area contributed by atoms with Gasteiger partial charge in [-0.3, -0.25) is 19.4 Å². The van der Waals surface area contributed by atoms with Crippen LogP contribution >= 0.6 is 0 Å². The number of carbonyl (C=O) groups is 1. The number of aromatic nitrogens is 3. The van der Waals surface area contributed by atoms with Crippen molar-refractivity contribution in [3.8, 4) is 11.5 Å². The highest BCUT2D eigenvalue weighted by Crippen LogP contribution is 2.30. The summed E-state index contributed by atoms with van der Waals surface area (Å²) >= 11 is 0. The molecule has 0 saturated carbocycles. The minimum Gasteiger partial charge on any atom is -0.341 e. The summed E-state index contributed by atoms with van der Waals surface area (Å²) in [5.74, 6) is -0.466. The lowest BCUT2D eigenvalue weighted by atomic mass is 10.1. The summed E-state index contributed by atoms with van der Waals surface area (Å²) in [6, 6.07) is 18.3. The highest BCUT2D eigenvalue weighted by atomic mass is 19.4. The van der Waals surface area contributed by atoms with E-state index in [1.165, 1.54) is 34.9 Å². The van der Waals surface area contributed by atoms with Crippen LogP contribution in [0, 0.1) is 0 Å². The van der Waals surface area contributed by atoms with E-state index in [4.69, 9.17) is 10.2 Å². The van der Waals surface area contributed by atoms with Gasteiger partial charge in [0.2, 0.25) is 0 Å². The van der Waals surface area contributed by atoms with Crippen LogP contribution < -0.4 is 11.0 Å². The van der Waals surface area contributed by atoms with Gasteiger partial charge in [0.1, 0.15) is 0 Å². The average molecular weight is 492 g/mol. The van der Waals surface area contributed by atoms with Gasteiger partial charge in [-0.25, -0.2) is 10.5 Å². The average Bonchev–Trinajstić information content (AvgIpc) is 3.21. The Kier molecular flexibility index (Phi) is 5.60. The number of carbonyl (C=O) groups excluding carboxylic acids is 1. The molecule has 0 aliphatic heterocycles. The highest BCUT2D eigenvalue weighted by Gasteiger charge is 2.30. The molecule has 0 aliphatic rings. The Labute approximate surface area is 202 Å². The summed E-state index contributed by atoms with van der Waals surface area (Å²) in [7, 11) is 1.83. The first-order chi connectivity index (χ1) is 17.2. The van der Waals surface area contributed by atoms with Gasteiger partial charge in [0, 0.05) is 23.5 Å². The Bertz CT molecular complexity index is 1690. The number of amides is 1. The molecule has 7 nitrogen and oxygen atoms in total. The van der Waals surface area contributed by atoms with Gasteiger partial charge in [0.15, 0.2) is 5.82 Å². The maximum atomic E-state index is 13.6. The van der Waals surface area contributed by atoms with Gasteiger partial charge in [-0.15, -0.1) is 0 Å². The molecule has 2 N–H and O–H groups in total. The van der Waals surface area contributed by atoms with Crippen molar-refractivity contribution in [2.45, 2.75) is 12.7 Å². The molecule has 0 aliphatic carbocycles. The number of hydroxylamine groups is 1. The van der Waals surface area contributed by atoms with E-state index in [1.54, 1.807) is 5.48 Å². The van der Waals surface area contributed by atoms with E-state index >= 15 is 0 Å². The molecule has 36 heavy (non-hydrogen) atoms. The van der Waals surface area contributed by atoms with Crippen molar-refractivity contribution >= 4 is 27.7 Å². The number of hydrogen-bond acceptors (Lipinski definition) is 4. The maximum absolute atomic E-state index is 13.6. The first-order valence-corrected chi connectivity index (χ1v) is 10.9. The van der Waals surface area contributed by atoms with Crippen LogP contribution in [0.1, 0.15) is 21.5 Å². The predicted molar refractivity (Wildman–Crippen MR) is 128 cm³/mol. The quantitative estimate of drug-likeness (QED) is 0.280. The fraction of sp³-hybridized carbons (Fsp3) is 0.115. The van der Waals surface area contributed by atoms with Gasteiger partial charge in [0.05, 0.1) is 28.7 Å². The number of halogens is 3. The normalized spacial score (nSPS) is 11.8. The van der Waals surface area contributed by atoms with E-state index in [9.17, 15) is 22.8 Å². The zero-order chi connectivity index (χ0) is 25.6. The first kappa shape index (κ1) is 23.3. The second-order valence-electron chi connectivity index (χ2n) is 8.34. The largest absolute Gasteiger partial charge is 0.416 e. The van der Waals surface area contributed by atoms with Crippen molar-refractivity contribution in [1.82, 2.24) is 19.6 Å². The molecule has 2 heterocycles. The number of nitrogens with zero attached hydrogens (tertiary/aromatic N) is 3. The molecule has 182 valence electrons. The molecule has 0 spiro atoms. The Morgan fingerprint density at radius 1 is 1.03 bits per heavy atom. The second-order valence-corrected chi connectivity index (χ2v) is 8.34. The smallest absolute Gasteiger partial charge is 0.341 e. The van der Waals surface area contributed by atoms with Gasteiger partial charge in [-0.1, -0.05) is 30.3 Å². The monoisotopic (exact) mass is 492 g/mol. The summed E-state index contributed by atoms with van der Waals surface area (Å²) in [5.41, 5.74) is 2.71. The summed E-state index contributed by atoms with van der Waals surface area (Å²) in [4.78, 5) is 30.2. The van der Waals surface area contributed by atoms with E-state index in [1.807, 2.05) is 41.9 Å². The zero-order valence-corrected chi connectivity index (χ0v) is 18.9. The van der Waals surface area contributed by atoms with E-state index < -0.39 is 23.2 Å². The molecule has 0 fully saturated rings. The predicted octanol–water partition coefficient (Wildman–Crippen LogP) is 4.74. The van der Waals surface area contributed by atoms with Crippen molar-refractivity contribution in [1.29, 1.82) is 0 Å². The Balaban J connectivity index is 1.73. The third-order valence-corrected chi connectivity index (χ3v) is 6.12. The maximum Gasteiger partial charge on any atom is 0.416 e. The lowest BCUT2D eigenvalue weighted by Crippen LogP contribution is -2.25. The third-order valence-electron chi connectivity index (χ3n) is 6.12. The molecule has 3 aromatic carbocycles. The van der Waals surface area contributed by atoms with Crippen molar-refractivity contribution in [3.05, 3.63) is 99.8 Å². The lowest BCUT2D eigenvalue weighted by molar-refractivity contribution is -0.137. The molecule has 5 rings (SSSR count). The van der Waals surface area contributed by atoms with Gasteiger partial charge in [-0.2, -0.15) is 13.2 Å². The van der Waals surface area contributed by atoms with E-state index in [0.29, 0.717) is 11.3 Å². The summed E-state index contributed by atoms with van der Waals surface area (Å²) in [5, 5.41) is 10.1. The van der Waals surface area contributed by atoms with Crippen LogP contribution in [0.5, 0.6) is 0 Å². The molecule has 0 radical (unpaired) electrons. The fourth-order valence-corrected chi connectivity index (χ4v) is 4.25. The SMILES string of the molecule is Cn1c(-c2nc3cc(C(=O)NO)ccc3c(=O)n2Cc2ccc(C(F)(F)F)cc2)cc2ccccc21. The minimum absolute atomic E-state index is 0.0182. The van der Waals surface area contributed by atoms with Crippen LogP contribution in [-0.2, 0) is 19.8 Å². The molecule has 1 amide bonds. The Hall–Kier alpha value is -4.44. The second kappa shape index (κ2) is 8.65. The molecule has 5 aromatic rings. The molecule has 2 aromatic heterocycles. The number of nitrogens with one attached hydrogen (secondary N) is 1. The number of hydrogen-bond donors (Lipinski definition) is 2. The van der Waals surface area contributed by atoms with Crippen LogP contribution in [0.4, 0.5) is 13.2 Å². The lowest BCUT2D eigenvalue weighted by Gasteiger charge is -2.15. The van der Waals surface area contributed by atoms with E-state index in [2.05, 4.69) is 0 Å². The summed E-state index contributed by atoms with van der Waals surface area (Å²) in [6.07, 6.45) is -4.47. The fourth-order valence-electron chi connectivity index (χ4n) is 4.25. The standard InChI is InChI=1S/C26H19F3N4O3/c1-32-21-5-3-2-4-16(21)13-22(32)23-30-20-12-17(24(34)31-36)8-11-19(20)25(35)33(23)14-15-6-9-18(10-7-15)26(27,28)29/h2-13,36H,14H2,1H3,(H,31,34). The van der Waals surface area contributed by atoms with Gasteiger partial charge in [-0.05, 0) is 48.0 Å². The highest BCUT2D eigenvalue weighted by molar-refractivity contribution is 5.97. The van der Waals surface area contributed by atoms with Crippen LogP contribution in [0.25, 0.3) is 33.3 Å². The number of fused-ring (bicyclic) bond motifs is 2. The number of aryl methyl sites for hydroxylation is 1. The molecule has 0 atom stereocenters. The Morgan fingerprint density at radius 2 is 1.75 bits per heavy atom. The first-order valence-electron chi connectivity index (χ1n) is 10.9. The van der Waals surface area contributed by atoms with Crippen LogP contribution in [0.15, 0.2) is 77.6 Å². The van der Waals surface area contributed by atoms with E-state index in [0.717, 1.165) is 23.0 Å². The Morgan fingerprint density at radius 3 is 2.42 bits per heavy atom. The molecular weight excluding hydrogens is 473 g/mol.